The average molecular weight is 435 g/mol. The van der Waals surface area contributed by atoms with Crippen molar-refractivity contribution in [2.45, 2.75) is 18.9 Å². The van der Waals surface area contributed by atoms with E-state index in [0.29, 0.717) is 6.04 Å². The third-order valence-corrected chi connectivity index (χ3v) is 6.66. The topological polar surface area (TPSA) is 52.0 Å². The van der Waals surface area contributed by atoms with E-state index in [1.54, 1.807) is 7.11 Å². The van der Waals surface area contributed by atoms with Gasteiger partial charge in [0.15, 0.2) is 5.65 Å². The number of rotatable bonds is 4. The Balaban J connectivity index is 1.61. The zero-order valence-corrected chi connectivity index (χ0v) is 18.7. The number of hydrogen-bond donors (Lipinski definition) is 1. The Labute approximate surface area is 193 Å². The van der Waals surface area contributed by atoms with Crippen molar-refractivity contribution < 1.29 is 4.74 Å². The largest absolute Gasteiger partial charge is 0.496 e. The van der Waals surface area contributed by atoms with Crippen molar-refractivity contribution in [2.75, 3.05) is 20.2 Å². The molecule has 0 spiro atoms. The molecular formula is C28H26N4O. The number of para-hydroxylation sites is 1. The Morgan fingerprint density at radius 2 is 1.67 bits per heavy atom. The molecule has 164 valence electrons. The molecule has 0 atom stereocenters. The van der Waals surface area contributed by atoms with Gasteiger partial charge in [0, 0.05) is 17.8 Å². The van der Waals surface area contributed by atoms with E-state index in [1.165, 1.54) is 10.8 Å². The Hall–Kier alpha value is -3.70. The average Bonchev–Trinajstić information content (AvgIpc) is 3.28. The SMILES string of the molecule is COc1ccccc1-c1nc2c(-c3ccc4ccccc4c3)ccnc2n1C1CCNCC1. The van der Waals surface area contributed by atoms with Gasteiger partial charge in [-0.15, -0.1) is 0 Å². The van der Waals surface area contributed by atoms with Gasteiger partial charge >= 0.3 is 0 Å². The van der Waals surface area contributed by atoms with Crippen molar-refractivity contribution in [3.05, 3.63) is 79.0 Å². The van der Waals surface area contributed by atoms with Crippen LogP contribution in [0.4, 0.5) is 0 Å². The second kappa shape index (κ2) is 8.34. The Kier molecular flexibility index (Phi) is 5.04. The second-order valence-electron chi connectivity index (χ2n) is 8.58. The van der Waals surface area contributed by atoms with Crippen molar-refractivity contribution in [3.8, 4) is 28.3 Å². The van der Waals surface area contributed by atoms with Crippen LogP contribution in [-0.4, -0.2) is 34.7 Å². The first-order valence-corrected chi connectivity index (χ1v) is 11.5. The second-order valence-corrected chi connectivity index (χ2v) is 8.58. The molecule has 33 heavy (non-hydrogen) atoms. The molecule has 3 heterocycles. The normalized spacial score (nSPS) is 14.7. The van der Waals surface area contributed by atoms with Crippen molar-refractivity contribution in [1.82, 2.24) is 19.9 Å². The summed E-state index contributed by atoms with van der Waals surface area (Å²) < 4.78 is 8.06. The number of pyridine rings is 1. The standard InChI is InChI=1S/C28H26N4O/c1-33-25-9-5-4-8-24(25)27-31-26-23(21-11-10-19-6-2-3-7-20(19)18-21)14-17-30-28(26)32(27)22-12-15-29-16-13-22/h2-11,14,17-18,22,29H,12-13,15-16H2,1H3. The van der Waals surface area contributed by atoms with E-state index >= 15 is 0 Å². The molecule has 1 fully saturated rings. The fourth-order valence-electron chi connectivity index (χ4n) is 5.01. The summed E-state index contributed by atoms with van der Waals surface area (Å²) in [5.74, 6) is 1.75. The van der Waals surface area contributed by atoms with Crippen LogP contribution in [0.2, 0.25) is 0 Å². The number of nitrogens with one attached hydrogen (secondary N) is 1. The molecule has 5 heteroatoms. The lowest BCUT2D eigenvalue weighted by molar-refractivity contribution is 0.375. The van der Waals surface area contributed by atoms with Crippen molar-refractivity contribution in [3.63, 3.8) is 0 Å². The highest BCUT2D eigenvalue weighted by Crippen LogP contribution is 2.38. The number of methoxy groups -OCH3 is 1. The maximum atomic E-state index is 5.72. The smallest absolute Gasteiger partial charge is 0.161 e. The quantitative estimate of drug-likeness (QED) is 0.385. The van der Waals surface area contributed by atoms with Gasteiger partial charge < -0.3 is 14.6 Å². The van der Waals surface area contributed by atoms with Gasteiger partial charge in [-0.2, -0.15) is 0 Å². The number of ether oxygens (including phenoxy) is 1. The summed E-state index contributed by atoms with van der Waals surface area (Å²) in [6, 6.07) is 25.6. The number of nitrogens with zero attached hydrogens (tertiary/aromatic N) is 3. The fraction of sp³-hybridized carbons (Fsp3) is 0.214. The van der Waals surface area contributed by atoms with Crippen LogP contribution in [0.3, 0.4) is 0 Å². The number of benzene rings is 3. The molecule has 6 rings (SSSR count). The van der Waals surface area contributed by atoms with Gasteiger partial charge in [0.05, 0.1) is 12.7 Å². The number of aromatic nitrogens is 3. The lowest BCUT2D eigenvalue weighted by Gasteiger charge is -2.26. The zero-order chi connectivity index (χ0) is 22.2. The summed E-state index contributed by atoms with van der Waals surface area (Å²) in [5, 5.41) is 5.94. The van der Waals surface area contributed by atoms with E-state index in [9.17, 15) is 0 Å². The Morgan fingerprint density at radius 1 is 0.879 bits per heavy atom. The number of imidazole rings is 1. The highest BCUT2D eigenvalue weighted by molar-refractivity contribution is 5.96. The Bertz CT molecular complexity index is 1450. The van der Waals surface area contributed by atoms with Crippen molar-refractivity contribution in [2.24, 2.45) is 0 Å². The molecular weight excluding hydrogens is 408 g/mol. The third-order valence-electron chi connectivity index (χ3n) is 6.66. The highest BCUT2D eigenvalue weighted by atomic mass is 16.5. The van der Waals surface area contributed by atoms with Crippen LogP contribution in [0.25, 0.3) is 44.5 Å². The van der Waals surface area contributed by atoms with Gasteiger partial charge in [-0.05, 0) is 66.5 Å². The molecule has 0 saturated carbocycles. The van der Waals surface area contributed by atoms with Gasteiger partial charge in [0.25, 0.3) is 0 Å². The van der Waals surface area contributed by atoms with E-state index in [2.05, 4.69) is 64.5 Å². The minimum Gasteiger partial charge on any atom is -0.496 e. The van der Waals surface area contributed by atoms with Crippen LogP contribution in [-0.2, 0) is 0 Å². The number of piperidine rings is 1. The van der Waals surface area contributed by atoms with Gasteiger partial charge in [-0.1, -0.05) is 48.5 Å². The maximum Gasteiger partial charge on any atom is 0.161 e. The molecule has 0 unspecified atom stereocenters. The van der Waals surface area contributed by atoms with Crippen LogP contribution in [0.15, 0.2) is 79.0 Å². The molecule has 2 aromatic heterocycles. The minimum atomic E-state index is 0.343. The lowest BCUT2D eigenvalue weighted by Crippen LogP contribution is -2.29. The zero-order valence-electron chi connectivity index (χ0n) is 18.7. The van der Waals surface area contributed by atoms with E-state index in [1.807, 2.05) is 24.4 Å². The van der Waals surface area contributed by atoms with Gasteiger partial charge in [-0.3, -0.25) is 0 Å². The molecule has 1 N–H and O–H groups in total. The summed E-state index contributed by atoms with van der Waals surface area (Å²) in [4.78, 5) is 10.1. The Morgan fingerprint density at radius 3 is 2.52 bits per heavy atom. The summed E-state index contributed by atoms with van der Waals surface area (Å²) >= 11 is 0. The van der Waals surface area contributed by atoms with Gasteiger partial charge in [0.1, 0.15) is 17.1 Å². The van der Waals surface area contributed by atoms with E-state index in [-0.39, 0.29) is 0 Å². The summed E-state index contributed by atoms with van der Waals surface area (Å²) in [6.07, 6.45) is 4.02. The minimum absolute atomic E-state index is 0.343. The van der Waals surface area contributed by atoms with Gasteiger partial charge in [-0.25, -0.2) is 9.97 Å². The first kappa shape index (κ1) is 19.9. The van der Waals surface area contributed by atoms with Crippen LogP contribution in [0, 0.1) is 0 Å². The van der Waals surface area contributed by atoms with E-state index < -0.39 is 0 Å². The predicted octanol–water partition coefficient (Wildman–Crippen LogP) is 5.85. The first-order chi connectivity index (χ1) is 16.3. The van der Waals surface area contributed by atoms with Crippen molar-refractivity contribution in [1.29, 1.82) is 0 Å². The van der Waals surface area contributed by atoms with Crippen LogP contribution >= 0.6 is 0 Å². The first-order valence-electron chi connectivity index (χ1n) is 11.5. The lowest BCUT2D eigenvalue weighted by atomic mass is 10.0. The molecule has 1 aliphatic rings. The fourth-order valence-corrected chi connectivity index (χ4v) is 5.01. The third kappa shape index (κ3) is 3.45. The monoisotopic (exact) mass is 434 g/mol. The van der Waals surface area contributed by atoms with E-state index in [4.69, 9.17) is 14.7 Å². The van der Waals surface area contributed by atoms with Crippen LogP contribution in [0.1, 0.15) is 18.9 Å². The van der Waals surface area contributed by atoms with Gasteiger partial charge in [0.2, 0.25) is 0 Å². The maximum absolute atomic E-state index is 5.72. The molecule has 0 aliphatic carbocycles. The number of hydrogen-bond acceptors (Lipinski definition) is 4. The van der Waals surface area contributed by atoms with Crippen molar-refractivity contribution >= 4 is 21.9 Å². The van der Waals surface area contributed by atoms with E-state index in [0.717, 1.165) is 65.4 Å². The summed E-state index contributed by atoms with van der Waals surface area (Å²) in [7, 11) is 1.72. The molecule has 1 saturated heterocycles. The molecule has 1 aliphatic heterocycles. The molecule has 3 aromatic carbocycles. The molecule has 5 nitrogen and oxygen atoms in total. The number of fused-ring (bicyclic) bond motifs is 2. The highest BCUT2D eigenvalue weighted by Gasteiger charge is 2.25. The molecule has 0 amide bonds. The summed E-state index contributed by atoms with van der Waals surface area (Å²) in [6.45, 7) is 2.00. The summed E-state index contributed by atoms with van der Waals surface area (Å²) in [5.41, 5.74) is 5.14. The molecule has 0 radical (unpaired) electrons. The predicted molar refractivity (Wildman–Crippen MR) is 134 cm³/mol. The van der Waals surface area contributed by atoms with Crippen LogP contribution in [0.5, 0.6) is 5.75 Å². The van der Waals surface area contributed by atoms with Crippen LogP contribution < -0.4 is 10.1 Å². The molecule has 0 bridgehead atoms. The molecule has 5 aromatic rings.